The average molecular weight is 233 g/mol. The Morgan fingerprint density at radius 3 is 2.57 bits per heavy atom. The zero-order chi connectivity index (χ0) is 10.2. The van der Waals surface area contributed by atoms with Crippen LogP contribution in [-0.2, 0) is 4.18 Å². The van der Waals surface area contributed by atoms with Gasteiger partial charge in [0.1, 0.15) is 0 Å². The third kappa shape index (κ3) is 1.70. The quantitative estimate of drug-likeness (QED) is 0.319. The smallest absolute Gasteiger partial charge is 0.0748 e. The first-order valence-electron chi connectivity index (χ1n) is 5.31. The van der Waals surface area contributed by atoms with Crippen molar-refractivity contribution in [3.8, 4) is 0 Å². The van der Waals surface area contributed by atoms with Gasteiger partial charge in [0.05, 0.1) is 17.7 Å². The number of hydrogen-bond donors (Lipinski definition) is 2. The summed E-state index contributed by atoms with van der Waals surface area (Å²) in [6.07, 6.45) is 4.14. The molecule has 14 heavy (non-hydrogen) atoms. The first-order chi connectivity index (χ1) is 6.63. The summed E-state index contributed by atoms with van der Waals surface area (Å²) in [6, 6.07) is 0. The van der Waals surface area contributed by atoms with Gasteiger partial charge < -0.3 is 9.50 Å². The van der Waals surface area contributed by atoms with E-state index >= 15 is 0 Å². The Labute approximate surface area is 95.6 Å². The first kappa shape index (κ1) is 11.1. The van der Waals surface area contributed by atoms with E-state index in [-0.39, 0.29) is 0 Å². The zero-order valence-corrected chi connectivity index (χ0v) is 10.6. The Balaban J connectivity index is 1.63. The molecule has 0 aliphatic heterocycles. The molecule has 3 aliphatic rings. The molecule has 3 rings (SSSR count). The van der Waals surface area contributed by atoms with Gasteiger partial charge in [-0.3, -0.25) is 0 Å². The molecule has 2 nitrogen and oxygen atoms in total. The van der Waals surface area contributed by atoms with E-state index < -0.39 is 0 Å². The van der Waals surface area contributed by atoms with E-state index in [2.05, 4.69) is 30.8 Å². The molecule has 1 N–H and O–H groups in total. The molecule has 0 aromatic carbocycles. The Kier molecular flexibility index (Phi) is 3.09. The summed E-state index contributed by atoms with van der Waals surface area (Å²) in [5, 5.41) is 3.60. The van der Waals surface area contributed by atoms with E-state index in [1.54, 1.807) is 0 Å². The third-order valence-electron chi connectivity index (χ3n) is 4.03. The van der Waals surface area contributed by atoms with Gasteiger partial charge in [-0.1, -0.05) is 25.5 Å². The lowest BCUT2D eigenvalue weighted by Crippen LogP contribution is -2.75. The topological polar surface area (TPSA) is 21.3 Å². The SMILES string of the molecule is CC(C)C12CC(NCCOSS)(C1)C2. The summed E-state index contributed by atoms with van der Waals surface area (Å²) < 4.78 is 5.11. The second-order valence-corrected chi connectivity index (χ2v) is 5.98. The van der Waals surface area contributed by atoms with Crippen LogP contribution in [0.5, 0.6) is 0 Å². The summed E-state index contributed by atoms with van der Waals surface area (Å²) >= 11 is 5.07. The number of nitrogens with one attached hydrogen (secondary N) is 1. The number of hydrogen-bond acceptors (Lipinski definition) is 4. The van der Waals surface area contributed by atoms with Crippen LogP contribution in [-0.4, -0.2) is 18.7 Å². The van der Waals surface area contributed by atoms with Crippen molar-refractivity contribution in [2.45, 2.75) is 38.6 Å². The predicted octanol–water partition coefficient (Wildman–Crippen LogP) is 2.66. The summed E-state index contributed by atoms with van der Waals surface area (Å²) in [5.74, 6) is 0.857. The van der Waals surface area contributed by atoms with Gasteiger partial charge in [-0.15, -0.1) is 0 Å². The minimum atomic E-state index is 0.495. The van der Waals surface area contributed by atoms with Gasteiger partial charge in [-0.2, -0.15) is 0 Å². The zero-order valence-electron chi connectivity index (χ0n) is 8.88. The largest absolute Gasteiger partial charge is 0.309 e. The van der Waals surface area contributed by atoms with Gasteiger partial charge in [0.25, 0.3) is 0 Å². The molecule has 0 unspecified atom stereocenters. The summed E-state index contributed by atoms with van der Waals surface area (Å²) in [4.78, 5) is 0. The molecule has 82 valence electrons. The van der Waals surface area contributed by atoms with Crippen molar-refractivity contribution in [3.05, 3.63) is 0 Å². The van der Waals surface area contributed by atoms with Crippen molar-refractivity contribution in [1.29, 1.82) is 0 Å². The van der Waals surface area contributed by atoms with Gasteiger partial charge in [0, 0.05) is 12.1 Å². The minimum Gasteiger partial charge on any atom is -0.309 e. The maximum atomic E-state index is 5.11. The van der Waals surface area contributed by atoms with Crippen LogP contribution in [0.2, 0.25) is 0 Å². The fourth-order valence-electron chi connectivity index (χ4n) is 3.06. The van der Waals surface area contributed by atoms with E-state index in [1.165, 1.54) is 19.3 Å². The normalized spacial score (nSPS) is 39.4. The molecule has 0 radical (unpaired) electrons. The molecular weight excluding hydrogens is 214 g/mol. The second kappa shape index (κ2) is 3.89. The van der Waals surface area contributed by atoms with Crippen LogP contribution in [0.3, 0.4) is 0 Å². The molecule has 0 spiro atoms. The Bertz CT molecular complexity index is 200. The highest BCUT2D eigenvalue weighted by atomic mass is 33.1. The van der Waals surface area contributed by atoms with Crippen molar-refractivity contribution in [1.82, 2.24) is 5.32 Å². The highest BCUT2D eigenvalue weighted by molar-refractivity contribution is 8.66. The summed E-state index contributed by atoms with van der Waals surface area (Å²) in [7, 11) is 0. The summed E-state index contributed by atoms with van der Waals surface area (Å²) in [6.45, 7) is 6.42. The van der Waals surface area contributed by atoms with Crippen LogP contribution < -0.4 is 5.32 Å². The standard InChI is InChI=1S/C10H19NOS2/c1-8(2)9-5-10(6-9,7-9)11-3-4-12-14-13/h8,11,13H,3-7H2,1-2H3. The van der Waals surface area contributed by atoms with E-state index in [0.29, 0.717) is 11.0 Å². The molecule has 0 amide bonds. The van der Waals surface area contributed by atoms with Crippen LogP contribution in [0.4, 0.5) is 0 Å². The molecule has 4 heteroatoms. The molecule has 0 saturated heterocycles. The molecule has 3 aliphatic carbocycles. The molecule has 0 aromatic heterocycles. The van der Waals surface area contributed by atoms with Gasteiger partial charge in [-0.25, -0.2) is 0 Å². The molecule has 0 atom stereocenters. The van der Waals surface area contributed by atoms with Gasteiger partial charge in [0.15, 0.2) is 0 Å². The molecule has 2 bridgehead atoms. The lowest BCUT2D eigenvalue weighted by atomic mass is 9.36. The van der Waals surface area contributed by atoms with Gasteiger partial charge in [-0.05, 0) is 30.6 Å². The fraction of sp³-hybridized carbons (Fsp3) is 1.00. The minimum absolute atomic E-state index is 0.495. The van der Waals surface area contributed by atoms with Crippen LogP contribution in [0.15, 0.2) is 0 Å². The molecule has 0 aromatic rings. The van der Waals surface area contributed by atoms with Crippen molar-refractivity contribution >= 4 is 22.7 Å². The highest BCUT2D eigenvalue weighted by Gasteiger charge is 2.68. The highest BCUT2D eigenvalue weighted by Crippen LogP contribution is 2.70. The molecule has 3 fully saturated rings. The summed E-state index contributed by atoms with van der Waals surface area (Å²) in [5.41, 5.74) is 1.20. The van der Waals surface area contributed by atoms with Crippen molar-refractivity contribution in [2.75, 3.05) is 13.2 Å². The molecular formula is C10H19NOS2. The molecule has 3 saturated carbocycles. The predicted molar refractivity (Wildman–Crippen MR) is 64.4 cm³/mol. The number of thiol groups is 1. The Morgan fingerprint density at radius 2 is 2.07 bits per heavy atom. The van der Waals surface area contributed by atoms with E-state index in [0.717, 1.165) is 30.1 Å². The van der Waals surface area contributed by atoms with Crippen molar-refractivity contribution in [3.63, 3.8) is 0 Å². The van der Waals surface area contributed by atoms with Crippen LogP contribution in [0.25, 0.3) is 0 Å². The average Bonchev–Trinajstić information content (AvgIpc) is 1.97. The van der Waals surface area contributed by atoms with Gasteiger partial charge in [0.2, 0.25) is 0 Å². The maximum Gasteiger partial charge on any atom is 0.0748 e. The second-order valence-electron chi connectivity index (χ2n) is 5.15. The van der Waals surface area contributed by atoms with E-state index in [4.69, 9.17) is 4.18 Å². The lowest BCUT2D eigenvalue weighted by molar-refractivity contribution is -0.183. The van der Waals surface area contributed by atoms with Crippen LogP contribution in [0, 0.1) is 11.3 Å². The van der Waals surface area contributed by atoms with Crippen molar-refractivity contribution in [2.24, 2.45) is 11.3 Å². The lowest BCUT2D eigenvalue weighted by Gasteiger charge is -2.73. The van der Waals surface area contributed by atoms with Crippen LogP contribution >= 0.6 is 22.7 Å². The fourth-order valence-corrected chi connectivity index (χ4v) is 3.44. The Morgan fingerprint density at radius 1 is 1.43 bits per heavy atom. The van der Waals surface area contributed by atoms with Crippen molar-refractivity contribution < 1.29 is 4.18 Å². The molecule has 0 heterocycles. The van der Waals surface area contributed by atoms with Crippen LogP contribution in [0.1, 0.15) is 33.1 Å². The van der Waals surface area contributed by atoms with Gasteiger partial charge >= 0.3 is 0 Å². The third-order valence-corrected chi connectivity index (χ3v) is 4.62. The first-order valence-corrected chi connectivity index (χ1v) is 7.10. The Hall–Kier alpha value is 0.620. The van der Waals surface area contributed by atoms with E-state index in [1.807, 2.05) is 0 Å². The monoisotopic (exact) mass is 233 g/mol. The maximum absolute atomic E-state index is 5.11. The van der Waals surface area contributed by atoms with E-state index in [9.17, 15) is 0 Å². The number of rotatable bonds is 6.